The van der Waals surface area contributed by atoms with Gasteiger partial charge in [0.2, 0.25) is 0 Å². The minimum Gasteiger partial charge on any atom is -0.495 e. The first-order chi connectivity index (χ1) is 11.8. The third-order valence-electron chi connectivity index (χ3n) is 5.05. The Kier molecular flexibility index (Phi) is 5.76. The molecule has 1 unspecified atom stereocenters. The SMILES string of the molecule is COc1ccccc1N1CCN(CCC(C)c2ccccc2)CC1. The fraction of sp³-hybridized carbons (Fsp3) is 0.429. The van der Waals surface area contributed by atoms with Crippen LogP contribution in [0.4, 0.5) is 5.69 Å². The predicted octanol–water partition coefficient (Wildman–Crippen LogP) is 4.01. The Balaban J connectivity index is 1.49. The summed E-state index contributed by atoms with van der Waals surface area (Å²) >= 11 is 0. The first kappa shape index (κ1) is 16.8. The van der Waals surface area contributed by atoms with Crippen molar-refractivity contribution in [3.63, 3.8) is 0 Å². The zero-order chi connectivity index (χ0) is 16.8. The van der Waals surface area contributed by atoms with Crippen LogP contribution in [0.2, 0.25) is 0 Å². The number of methoxy groups -OCH3 is 1. The van der Waals surface area contributed by atoms with E-state index in [1.165, 1.54) is 24.2 Å². The smallest absolute Gasteiger partial charge is 0.142 e. The lowest BCUT2D eigenvalue weighted by Crippen LogP contribution is -2.46. The summed E-state index contributed by atoms with van der Waals surface area (Å²) in [7, 11) is 1.75. The van der Waals surface area contributed by atoms with Crippen LogP contribution < -0.4 is 9.64 Å². The zero-order valence-electron chi connectivity index (χ0n) is 14.8. The van der Waals surface area contributed by atoms with E-state index in [1.54, 1.807) is 7.11 Å². The third-order valence-corrected chi connectivity index (χ3v) is 5.05. The van der Waals surface area contributed by atoms with E-state index < -0.39 is 0 Å². The Morgan fingerprint density at radius 3 is 2.29 bits per heavy atom. The van der Waals surface area contributed by atoms with Crippen LogP contribution in [-0.4, -0.2) is 44.7 Å². The zero-order valence-corrected chi connectivity index (χ0v) is 14.8. The summed E-state index contributed by atoms with van der Waals surface area (Å²) in [5, 5.41) is 0. The molecule has 3 rings (SSSR count). The maximum absolute atomic E-state index is 5.50. The molecule has 0 N–H and O–H groups in total. The Bertz CT molecular complexity index is 621. The second-order valence-corrected chi connectivity index (χ2v) is 6.60. The molecule has 0 aliphatic carbocycles. The summed E-state index contributed by atoms with van der Waals surface area (Å²) in [4.78, 5) is 5.03. The van der Waals surface area contributed by atoms with Crippen LogP contribution in [0.1, 0.15) is 24.8 Å². The largest absolute Gasteiger partial charge is 0.495 e. The number of anilines is 1. The van der Waals surface area contributed by atoms with E-state index in [2.05, 4.69) is 59.2 Å². The van der Waals surface area contributed by atoms with Crippen molar-refractivity contribution in [2.24, 2.45) is 0 Å². The maximum Gasteiger partial charge on any atom is 0.142 e. The number of para-hydroxylation sites is 2. The van der Waals surface area contributed by atoms with Gasteiger partial charge in [-0.15, -0.1) is 0 Å². The summed E-state index contributed by atoms with van der Waals surface area (Å²) in [5.41, 5.74) is 2.67. The number of nitrogens with zero attached hydrogens (tertiary/aromatic N) is 2. The number of benzene rings is 2. The van der Waals surface area contributed by atoms with Crippen LogP contribution in [0.15, 0.2) is 54.6 Å². The monoisotopic (exact) mass is 324 g/mol. The minimum absolute atomic E-state index is 0.624. The molecular formula is C21H28N2O. The van der Waals surface area contributed by atoms with Crippen LogP contribution >= 0.6 is 0 Å². The molecule has 1 atom stereocenters. The molecule has 0 aromatic heterocycles. The van der Waals surface area contributed by atoms with Gasteiger partial charge in [0.1, 0.15) is 5.75 Å². The standard InChI is InChI=1S/C21H28N2O/c1-18(19-8-4-3-5-9-19)12-13-22-14-16-23(17-15-22)20-10-6-7-11-21(20)24-2/h3-11,18H,12-17H2,1-2H3. The molecule has 3 heteroatoms. The average Bonchev–Trinajstić information content (AvgIpc) is 2.67. The molecule has 3 nitrogen and oxygen atoms in total. The molecular weight excluding hydrogens is 296 g/mol. The Morgan fingerprint density at radius 1 is 0.917 bits per heavy atom. The normalized spacial score (nSPS) is 16.8. The highest BCUT2D eigenvalue weighted by molar-refractivity contribution is 5.58. The van der Waals surface area contributed by atoms with Crippen molar-refractivity contribution in [2.75, 3.05) is 44.7 Å². The molecule has 1 aliphatic heterocycles. The van der Waals surface area contributed by atoms with Gasteiger partial charge in [0, 0.05) is 26.2 Å². The number of ether oxygens (including phenoxy) is 1. The fourth-order valence-corrected chi connectivity index (χ4v) is 3.43. The van der Waals surface area contributed by atoms with Gasteiger partial charge in [-0.1, -0.05) is 49.4 Å². The summed E-state index contributed by atoms with van der Waals surface area (Å²) in [6.07, 6.45) is 1.22. The van der Waals surface area contributed by atoms with Gasteiger partial charge in [-0.2, -0.15) is 0 Å². The first-order valence-electron chi connectivity index (χ1n) is 8.93. The molecule has 128 valence electrons. The van der Waals surface area contributed by atoms with E-state index in [9.17, 15) is 0 Å². The second-order valence-electron chi connectivity index (χ2n) is 6.60. The lowest BCUT2D eigenvalue weighted by Gasteiger charge is -2.37. The van der Waals surface area contributed by atoms with E-state index in [0.29, 0.717) is 5.92 Å². The average molecular weight is 324 g/mol. The van der Waals surface area contributed by atoms with E-state index in [0.717, 1.165) is 31.9 Å². The van der Waals surface area contributed by atoms with Gasteiger partial charge < -0.3 is 9.64 Å². The van der Waals surface area contributed by atoms with Gasteiger partial charge >= 0.3 is 0 Å². The van der Waals surface area contributed by atoms with Gasteiger partial charge in [0.25, 0.3) is 0 Å². The van der Waals surface area contributed by atoms with Crippen molar-refractivity contribution >= 4 is 5.69 Å². The van der Waals surface area contributed by atoms with Crippen molar-refractivity contribution in [3.05, 3.63) is 60.2 Å². The molecule has 1 saturated heterocycles. The number of rotatable bonds is 6. The molecule has 0 amide bonds. The molecule has 2 aromatic rings. The molecule has 1 fully saturated rings. The molecule has 1 aliphatic rings. The number of hydrogen-bond acceptors (Lipinski definition) is 3. The second kappa shape index (κ2) is 8.20. The molecule has 0 spiro atoms. The summed E-state index contributed by atoms with van der Waals surface area (Å²) in [6, 6.07) is 19.2. The van der Waals surface area contributed by atoms with Crippen LogP contribution in [0.25, 0.3) is 0 Å². The van der Waals surface area contributed by atoms with Gasteiger partial charge in [-0.25, -0.2) is 0 Å². The van der Waals surface area contributed by atoms with Crippen LogP contribution in [0.3, 0.4) is 0 Å². The van der Waals surface area contributed by atoms with Crippen LogP contribution in [-0.2, 0) is 0 Å². The van der Waals surface area contributed by atoms with E-state index in [1.807, 2.05) is 12.1 Å². The lowest BCUT2D eigenvalue weighted by atomic mass is 9.97. The Labute approximate surface area is 145 Å². The molecule has 24 heavy (non-hydrogen) atoms. The van der Waals surface area contributed by atoms with E-state index in [-0.39, 0.29) is 0 Å². The van der Waals surface area contributed by atoms with Gasteiger partial charge in [0.05, 0.1) is 12.8 Å². The van der Waals surface area contributed by atoms with Crippen molar-refractivity contribution in [2.45, 2.75) is 19.3 Å². The van der Waals surface area contributed by atoms with E-state index in [4.69, 9.17) is 4.74 Å². The van der Waals surface area contributed by atoms with Gasteiger partial charge in [0.15, 0.2) is 0 Å². The van der Waals surface area contributed by atoms with Crippen LogP contribution in [0, 0.1) is 0 Å². The van der Waals surface area contributed by atoms with Gasteiger partial charge in [-0.05, 0) is 36.6 Å². The molecule has 2 aromatic carbocycles. The summed E-state index contributed by atoms with van der Waals surface area (Å²) < 4.78 is 5.50. The minimum atomic E-state index is 0.624. The summed E-state index contributed by atoms with van der Waals surface area (Å²) in [6.45, 7) is 7.90. The van der Waals surface area contributed by atoms with Crippen molar-refractivity contribution in [3.8, 4) is 5.75 Å². The maximum atomic E-state index is 5.50. The van der Waals surface area contributed by atoms with Gasteiger partial charge in [-0.3, -0.25) is 4.90 Å². The van der Waals surface area contributed by atoms with Crippen molar-refractivity contribution < 1.29 is 4.74 Å². The molecule has 0 radical (unpaired) electrons. The first-order valence-corrected chi connectivity index (χ1v) is 8.93. The quantitative estimate of drug-likeness (QED) is 0.798. The molecule has 0 bridgehead atoms. The van der Waals surface area contributed by atoms with Crippen molar-refractivity contribution in [1.82, 2.24) is 4.90 Å². The predicted molar refractivity (Wildman–Crippen MR) is 101 cm³/mol. The number of hydrogen-bond donors (Lipinski definition) is 0. The Morgan fingerprint density at radius 2 is 1.58 bits per heavy atom. The number of piperazine rings is 1. The highest BCUT2D eigenvalue weighted by Crippen LogP contribution is 2.28. The topological polar surface area (TPSA) is 15.7 Å². The highest BCUT2D eigenvalue weighted by atomic mass is 16.5. The summed E-state index contributed by atoms with van der Waals surface area (Å²) in [5.74, 6) is 1.60. The fourth-order valence-electron chi connectivity index (χ4n) is 3.43. The third kappa shape index (κ3) is 4.09. The molecule has 1 heterocycles. The van der Waals surface area contributed by atoms with E-state index >= 15 is 0 Å². The lowest BCUT2D eigenvalue weighted by molar-refractivity contribution is 0.249. The Hall–Kier alpha value is -2.00. The van der Waals surface area contributed by atoms with Crippen LogP contribution in [0.5, 0.6) is 5.75 Å². The highest BCUT2D eigenvalue weighted by Gasteiger charge is 2.19. The molecule has 0 saturated carbocycles. The van der Waals surface area contributed by atoms with Crippen molar-refractivity contribution in [1.29, 1.82) is 0 Å².